The molecule has 3 rings (SSSR count). The Labute approximate surface area is 160 Å². The Bertz CT molecular complexity index is 933. The highest BCUT2D eigenvalue weighted by Gasteiger charge is 2.27. The van der Waals surface area contributed by atoms with Crippen LogP contribution in [0.1, 0.15) is 29.8 Å². The molecule has 2 aromatic carbocycles. The number of hydrogen-bond donors (Lipinski definition) is 1. The van der Waals surface area contributed by atoms with Gasteiger partial charge in [0.25, 0.3) is 15.9 Å². The third-order valence-corrected chi connectivity index (χ3v) is 5.75. The molecule has 1 saturated heterocycles. The summed E-state index contributed by atoms with van der Waals surface area (Å²) in [6.07, 6.45) is -0.0970. The summed E-state index contributed by atoms with van der Waals surface area (Å²) in [5, 5.41) is 0. The van der Waals surface area contributed by atoms with Crippen molar-refractivity contribution in [2.24, 2.45) is 0 Å². The molecule has 6 nitrogen and oxygen atoms in total. The highest BCUT2D eigenvalue weighted by Crippen LogP contribution is 2.20. The molecule has 144 valence electrons. The molecule has 1 heterocycles. The van der Waals surface area contributed by atoms with E-state index < -0.39 is 10.0 Å². The van der Waals surface area contributed by atoms with Crippen LogP contribution in [0.2, 0.25) is 0 Å². The molecule has 2 aromatic rings. The molecule has 1 aliphatic rings. The van der Waals surface area contributed by atoms with Crippen molar-refractivity contribution in [3.8, 4) is 0 Å². The topological polar surface area (TPSA) is 75.7 Å². The van der Waals surface area contributed by atoms with Crippen molar-refractivity contribution in [2.45, 2.75) is 37.9 Å². The molecule has 0 bridgehead atoms. The van der Waals surface area contributed by atoms with Gasteiger partial charge in [0, 0.05) is 24.3 Å². The summed E-state index contributed by atoms with van der Waals surface area (Å²) in [5.41, 5.74) is 1.79. The van der Waals surface area contributed by atoms with Crippen LogP contribution in [-0.2, 0) is 14.8 Å². The summed E-state index contributed by atoms with van der Waals surface area (Å²) in [6, 6.07) is 13.3. The van der Waals surface area contributed by atoms with Crippen molar-refractivity contribution in [1.29, 1.82) is 0 Å². The van der Waals surface area contributed by atoms with Crippen molar-refractivity contribution in [2.75, 3.05) is 17.8 Å². The quantitative estimate of drug-likeness (QED) is 0.873. The molecule has 0 aliphatic carbocycles. The lowest BCUT2D eigenvalue weighted by atomic mass is 10.1. The number of amides is 1. The maximum Gasteiger partial charge on any atom is 0.261 e. The molecule has 1 amide bonds. The Morgan fingerprint density at radius 2 is 1.74 bits per heavy atom. The minimum absolute atomic E-state index is 0.0485. The zero-order valence-corrected chi connectivity index (χ0v) is 16.5. The van der Waals surface area contributed by atoms with Gasteiger partial charge < -0.3 is 9.64 Å². The van der Waals surface area contributed by atoms with Crippen LogP contribution in [-0.4, -0.2) is 44.5 Å². The minimum atomic E-state index is -3.78. The van der Waals surface area contributed by atoms with Crippen molar-refractivity contribution >= 4 is 21.6 Å². The lowest BCUT2D eigenvalue weighted by Crippen LogP contribution is -2.48. The lowest BCUT2D eigenvalue weighted by molar-refractivity contribution is -0.0586. The minimum Gasteiger partial charge on any atom is -0.372 e. The van der Waals surface area contributed by atoms with Crippen molar-refractivity contribution in [3.05, 3.63) is 59.7 Å². The van der Waals surface area contributed by atoms with E-state index in [0.717, 1.165) is 5.56 Å². The molecule has 27 heavy (non-hydrogen) atoms. The molecular weight excluding hydrogens is 364 g/mol. The van der Waals surface area contributed by atoms with Gasteiger partial charge in [-0.2, -0.15) is 0 Å². The van der Waals surface area contributed by atoms with Crippen LogP contribution in [0.25, 0.3) is 0 Å². The highest BCUT2D eigenvalue weighted by molar-refractivity contribution is 7.92. The Morgan fingerprint density at radius 3 is 2.41 bits per heavy atom. The van der Waals surface area contributed by atoms with E-state index in [0.29, 0.717) is 24.3 Å². The van der Waals surface area contributed by atoms with E-state index >= 15 is 0 Å². The van der Waals surface area contributed by atoms with Gasteiger partial charge in [0.15, 0.2) is 0 Å². The predicted octanol–water partition coefficient (Wildman–Crippen LogP) is 3.05. The number of carbonyl (C=O) groups is 1. The number of ether oxygens (including phenoxy) is 1. The number of nitrogens with zero attached hydrogens (tertiary/aromatic N) is 1. The van der Waals surface area contributed by atoms with Crippen LogP contribution >= 0.6 is 0 Å². The number of anilines is 1. The second kappa shape index (κ2) is 7.70. The van der Waals surface area contributed by atoms with Crippen molar-refractivity contribution < 1.29 is 17.9 Å². The summed E-state index contributed by atoms with van der Waals surface area (Å²) in [7, 11) is -3.78. The van der Waals surface area contributed by atoms with Gasteiger partial charge >= 0.3 is 0 Å². The average Bonchev–Trinajstić information content (AvgIpc) is 2.60. The van der Waals surface area contributed by atoms with E-state index in [1.165, 1.54) is 12.1 Å². The van der Waals surface area contributed by atoms with Gasteiger partial charge in [-0.1, -0.05) is 18.2 Å². The van der Waals surface area contributed by atoms with Crippen LogP contribution < -0.4 is 4.72 Å². The number of rotatable bonds is 4. The molecule has 2 atom stereocenters. The van der Waals surface area contributed by atoms with Gasteiger partial charge in [-0.05, 0) is 56.7 Å². The van der Waals surface area contributed by atoms with Crippen LogP contribution in [0.5, 0.6) is 0 Å². The molecule has 7 heteroatoms. The maximum absolute atomic E-state index is 12.8. The number of hydrogen-bond acceptors (Lipinski definition) is 4. The van der Waals surface area contributed by atoms with Gasteiger partial charge in [0.2, 0.25) is 0 Å². The van der Waals surface area contributed by atoms with Gasteiger partial charge in [-0.3, -0.25) is 9.52 Å². The molecule has 1 N–H and O–H groups in total. The third-order valence-electron chi connectivity index (χ3n) is 4.37. The Hall–Kier alpha value is -2.38. The monoisotopic (exact) mass is 388 g/mol. The first-order valence-electron chi connectivity index (χ1n) is 8.89. The summed E-state index contributed by atoms with van der Waals surface area (Å²) < 4.78 is 33.6. The summed E-state index contributed by atoms with van der Waals surface area (Å²) in [5.74, 6) is -0.190. The van der Waals surface area contributed by atoms with Gasteiger partial charge in [-0.15, -0.1) is 0 Å². The van der Waals surface area contributed by atoms with E-state index in [1.807, 2.05) is 26.8 Å². The summed E-state index contributed by atoms with van der Waals surface area (Å²) in [6.45, 7) is 6.70. The van der Waals surface area contributed by atoms with E-state index in [-0.39, 0.29) is 23.0 Å². The maximum atomic E-state index is 12.8. The first kappa shape index (κ1) is 19.4. The zero-order valence-electron chi connectivity index (χ0n) is 15.7. The van der Waals surface area contributed by atoms with Crippen LogP contribution in [0.3, 0.4) is 0 Å². The molecule has 1 fully saturated rings. The van der Waals surface area contributed by atoms with Crippen molar-refractivity contribution in [3.63, 3.8) is 0 Å². The van der Waals surface area contributed by atoms with Gasteiger partial charge in [0.1, 0.15) is 0 Å². The standard InChI is InChI=1S/C20H24N2O4S/c1-14-6-4-8-18(10-14)21-27(24,25)19-9-5-7-17(11-19)20(23)22-12-15(2)26-16(3)13-22/h4-11,15-16,21H,12-13H2,1-3H3/t15-,16-/m1/s1. The highest BCUT2D eigenvalue weighted by atomic mass is 32.2. The number of nitrogens with one attached hydrogen (secondary N) is 1. The number of morpholine rings is 1. The molecule has 0 unspecified atom stereocenters. The first-order valence-corrected chi connectivity index (χ1v) is 10.4. The summed E-state index contributed by atoms with van der Waals surface area (Å²) >= 11 is 0. The smallest absolute Gasteiger partial charge is 0.261 e. The molecule has 0 aromatic heterocycles. The number of benzene rings is 2. The van der Waals surface area contributed by atoms with Crippen LogP contribution in [0.4, 0.5) is 5.69 Å². The Kier molecular flexibility index (Phi) is 5.53. The first-order chi connectivity index (χ1) is 12.7. The fourth-order valence-corrected chi connectivity index (χ4v) is 4.34. The van der Waals surface area contributed by atoms with Gasteiger partial charge in [0.05, 0.1) is 17.1 Å². The zero-order chi connectivity index (χ0) is 19.6. The molecule has 0 spiro atoms. The second-order valence-electron chi connectivity index (χ2n) is 6.97. The number of sulfonamides is 1. The predicted molar refractivity (Wildman–Crippen MR) is 104 cm³/mol. The van der Waals surface area contributed by atoms with Crippen LogP contribution in [0, 0.1) is 6.92 Å². The molecular formula is C20H24N2O4S. The Balaban J connectivity index is 1.83. The van der Waals surface area contributed by atoms with Crippen molar-refractivity contribution in [1.82, 2.24) is 4.90 Å². The van der Waals surface area contributed by atoms with E-state index in [4.69, 9.17) is 4.74 Å². The molecule has 0 radical (unpaired) electrons. The average molecular weight is 388 g/mol. The lowest BCUT2D eigenvalue weighted by Gasteiger charge is -2.35. The second-order valence-corrected chi connectivity index (χ2v) is 8.65. The number of aryl methyl sites for hydroxylation is 1. The molecule has 0 saturated carbocycles. The third kappa shape index (κ3) is 4.67. The van der Waals surface area contributed by atoms with Gasteiger partial charge in [-0.25, -0.2) is 8.42 Å². The number of carbonyl (C=O) groups excluding carboxylic acids is 1. The van der Waals surface area contributed by atoms with E-state index in [1.54, 1.807) is 35.2 Å². The fraction of sp³-hybridized carbons (Fsp3) is 0.350. The van der Waals surface area contributed by atoms with Crippen LogP contribution in [0.15, 0.2) is 53.4 Å². The Morgan fingerprint density at radius 1 is 1.07 bits per heavy atom. The SMILES string of the molecule is Cc1cccc(NS(=O)(=O)c2cccc(C(=O)N3C[C@@H](C)O[C@H](C)C3)c2)c1. The van der Waals surface area contributed by atoms with E-state index in [9.17, 15) is 13.2 Å². The molecule has 1 aliphatic heterocycles. The summed E-state index contributed by atoms with van der Waals surface area (Å²) in [4.78, 5) is 14.6. The fourth-order valence-electron chi connectivity index (χ4n) is 3.25. The largest absolute Gasteiger partial charge is 0.372 e. The van der Waals surface area contributed by atoms with E-state index in [2.05, 4.69) is 4.72 Å². The normalized spacial score (nSPS) is 20.3.